The van der Waals surface area contributed by atoms with Gasteiger partial charge in [-0.05, 0) is 48.6 Å². The topological polar surface area (TPSA) is 64.7 Å². The maximum absolute atomic E-state index is 5.46. The van der Waals surface area contributed by atoms with Gasteiger partial charge in [0, 0.05) is 49.8 Å². The number of aliphatic imine (C=N–C) groups is 1. The number of guanidine groups is 1. The standard InChI is InChI=1S/C26H35N5O/c1-3-27-26(28-10-9-23-18-29-25-15-20(2)7-8-24(23)25)30-17-21-5-4-6-22(16-21)19-31-11-13-32-14-12-31/h4-8,15-16,18,29H,3,9-14,17,19H2,1-2H3,(H2,27,28,30). The Morgan fingerprint density at radius 3 is 2.78 bits per heavy atom. The van der Waals surface area contributed by atoms with Gasteiger partial charge in [0.1, 0.15) is 0 Å². The van der Waals surface area contributed by atoms with Gasteiger partial charge in [-0.3, -0.25) is 4.90 Å². The highest BCUT2D eigenvalue weighted by atomic mass is 16.5. The Morgan fingerprint density at radius 2 is 1.94 bits per heavy atom. The quantitative estimate of drug-likeness (QED) is 0.375. The van der Waals surface area contributed by atoms with E-state index < -0.39 is 0 Å². The summed E-state index contributed by atoms with van der Waals surface area (Å²) in [6, 6.07) is 15.4. The first kappa shape index (κ1) is 22.4. The van der Waals surface area contributed by atoms with Crippen LogP contribution in [0.5, 0.6) is 0 Å². The van der Waals surface area contributed by atoms with Gasteiger partial charge in [0.25, 0.3) is 0 Å². The van der Waals surface area contributed by atoms with Crippen molar-refractivity contribution in [2.45, 2.75) is 33.4 Å². The normalized spacial score (nSPS) is 15.2. The summed E-state index contributed by atoms with van der Waals surface area (Å²) in [7, 11) is 0. The number of hydrogen-bond donors (Lipinski definition) is 3. The molecule has 1 aliphatic rings. The Balaban J connectivity index is 1.33. The molecule has 3 aromatic rings. The van der Waals surface area contributed by atoms with Crippen LogP contribution in [0, 0.1) is 6.92 Å². The van der Waals surface area contributed by atoms with Crippen LogP contribution in [0.3, 0.4) is 0 Å². The molecule has 32 heavy (non-hydrogen) atoms. The van der Waals surface area contributed by atoms with E-state index in [9.17, 15) is 0 Å². The summed E-state index contributed by atoms with van der Waals surface area (Å²) in [5.41, 5.74) is 6.39. The van der Waals surface area contributed by atoms with Crippen molar-refractivity contribution in [3.63, 3.8) is 0 Å². The number of morpholine rings is 1. The molecule has 1 aromatic heterocycles. The van der Waals surface area contributed by atoms with Gasteiger partial charge >= 0.3 is 0 Å². The Labute approximate surface area is 191 Å². The lowest BCUT2D eigenvalue weighted by Gasteiger charge is -2.26. The number of fused-ring (bicyclic) bond motifs is 1. The number of nitrogens with one attached hydrogen (secondary N) is 3. The van der Waals surface area contributed by atoms with Gasteiger partial charge in [0.05, 0.1) is 19.8 Å². The van der Waals surface area contributed by atoms with Crippen molar-refractivity contribution in [3.05, 3.63) is 70.9 Å². The highest BCUT2D eigenvalue weighted by Gasteiger charge is 2.11. The van der Waals surface area contributed by atoms with Crippen molar-refractivity contribution < 1.29 is 4.74 Å². The second-order valence-electron chi connectivity index (χ2n) is 8.44. The summed E-state index contributed by atoms with van der Waals surface area (Å²) in [4.78, 5) is 10.7. The fourth-order valence-electron chi connectivity index (χ4n) is 4.18. The average Bonchev–Trinajstić information content (AvgIpc) is 3.20. The number of hydrogen-bond acceptors (Lipinski definition) is 3. The Morgan fingerprint density at radius 1 is 1.09 bits per heavy atom. The highest BCUT2D eigenvalue weighted by molar-refractivity contribution is 5.84. The van der Waals surface area contributed by atoms with E-state index in [1.54, 1.807) is 0 Å². The lowest BCUT2D eigenvalue weighted by atomic mass is 10.1. The minimum Gasteiger partial charge on any atom is -0.379 e. The number of ether oxygens (including phenoxy) is 1. The first-order chi connectivity index (χ1) is 15.7. The fraction of sp³-hybridized carbons (Fsp3) is 0.423. The molecule has 0 unspecified atom stereocenters. The number of benzene rings is 2. The van der Waals surface area contributed by atoms with E-state index in [4.69, 9.17) is 9.73 Å². The first-order valence-corrected chi connectivity index (χ1v) is 11.7. The molecule has 0 radical (unpaired) electrons. The first-order valence-electron chi connectivity index (χ1n) is 11.7. The van der Waals surface area contributed by atoms with Crippen LogP contribution in [-0.2, 0) is 24.2 Å². The predicted molar refractivity (Wildman–Crippen MR) is 132 cm³/mol. The molecule has 0 atom stereocenters. The van der Waals surface area contributed by atoms with Crippen molar-refractivity contribution in [2.75, 3.05) is 39.4 Å². The second kappa shape index (κ2) is 11.2. The summed E-state index contributed by atoms with van der Waals surface area (Å²) in [6.07, 6.45) is 3.07. The summed E-state index contributed by atoms with van der Waals surface area (Å²) in [6.45, 7) is 11.2. The third kappa shape index (κ3) is 6.11. The van der Waals surface area contributed by atoms with Crippen molar-refractivity contribution in [1.29, 1.82) is 0 Å². The Kier molecular flexibility index (Phi) is 7.80. The van der Waals surface area contributed by atoms with Crippen LogP contribution in [0.1, 0.15) is 29.2 Å². The molecule has 3 N–H and O–H groups in total. The summed E-state index contributed by atoms with van der Waals surface area (Å²) in [5, 5.41) is 8.16. The van der Waals surface area contributed by atoms with Crippen molar-refractivity contribution >= 4 is 16.9 Å². The largest absolute Gasteiger partial charge is 0.379 e. The number of rotatable bonds is 8. The monoisotopic (exact) mass is 433 g/mol. The van der Waals surface area contributed by atoms with Gasteiger partial charge in [-0.1, -0.05) is 36.4 Å². The zero-order valence-corrected chi connectivity index (χ0v) is 19.3. The number of H-pyrrole nitrogens is 1. The smallest absolute Gasteiger partial charge is 0.191 e. The molecule has 1 fully saturated rings. The van der Waals surface area contributed by atoms with Gasteiger partial charge in [-0.15, -0.1) is 0 Å². The molecule has 1 aliphatic heterocycles. The minimum atomic E-state index is 0.665. The van der Waals surface area contributed by atoms with Gasteiger partial charge in [-0.25, -0.2) is 4.99 Å². The van der Waals surface area contributed by atoms with Crippen LogP contribution in [-0.4, -0.2) is 55.2 Å². The van der Waals surface area contributed by atoms with E-state index in [1.165, 1.54) is 33.2 Å². The molecule has 2 aromatic carbocycles. The van der Waals surface area contributed by atoms with Crippen LogP contribution in [0.4, 0.5) is 0 Å². The molecule has 0 amide bonds. The molecule has 0 spiro atoms. The van der Waals surface area contributed by atoms with Gasteiger partial charge in [-0.2, -0.15) is 0 Å². The van der Waals surface area contributed by atoms with E-state index in [-0.39, 0.29) is 0 Å². The van der Waals surface area contributed by atoms with Gasteiger partial charge < -0.3 is 20.4 Å². The van der Waals surface area contributed by atoms with E-state index in [2.05, 4.69) is 83.0 Å². The van der Waals surface area contributed by atoms with Crippen molar-refractivity contribution in [1.82, 2.24) is 20.5 Å². The molecule has 0 bridgehead atoms. The maximum atomic E-state index is 5.46. The lowest BCUT2D eigenvalue weighted by Crippen LogP contribution is -2.38. The van der Waals surface area contributed by atoms with Gasteiger partial charge in [0.15, 0.2) is 5.96 Å². The molecule has 170 valence electrons. The molecule has 2 heterocycles. The minimum absolute atomic E-state index is 0.665. The van der Waals surface area contributed by atoms with Crippen LogP contribution < -0.4 is 10.6 Å². The van der Waals surface area contributed by atoms with Crippen LogP contribution >= 0.6 is 0 Å². The molecule has 0 aliphatic carbocycles. The van der Waals surface area contributed by atoms with E-state index >= 15 is 0 Å². The third-order valence-electron chi connectivity index (χ3n) is 5.87. The molecule has 6 nitrogen and oxygen atoms in total. The van der Waals surface area contributed by atoms with Crippen molar-refractivity contribution in [3.8, 4) is 0 Å². The zero-order chi connectivity index (χ0) is 22.2. The molecule has 1 saturated heterocycles. The van der Waals surface area contributed by atoms with Crippen LogP contribution in [0.25, 0.3) is 10.9 Å². The van der Waals surface area contributed by atoms with E-state index in [0.29, 0.717) is 6.54 Å². The summed E-state index contributed by atoms with van der Waals surface area (Å²) in [5.74, 6) is 0.863. The SMILES string of the molecule is CCNC(=NCc1cccc(CN2CCOCC2)c1)NCCc1c[nH]c2cc(C)ccc12. The zero-order valence-electron chi connectivity index (χ0n) is 19.3. The molecule has 0 saturated carbocycles. The second-order valence-corrected chi connectivity index (χ2v) is 8.44. The number of aryl methyl sites for hydroxylation is 1. The number of aromatic nitrogens is 1. The van der Waals surface area contributed by atoms with E-state index in [0.717, 1.165) is 58.3 Å². The average molecular weight is 434 g/mol. The lowest BCUT2D eigenvalue weighted by molar-refractivity contribution is 0.0342. The molecule has 4 rings (SSSR count). The molecular weight excluding hydrogens is 398 g/mol. The van der Waals surface area contributed by atoms with E-state index in [1.807, 2.05) is 0 Å². The van der Waals surface area contributed by atoms with Crippen LogP contribution in [0.2, 0.25) is 0 Å². The number of aromatic amines is 1. The summed E-state index contributed by atoms with van der Waals surface area (Å²) >= 11 is 0. The Hall–Kier alpha value is -2.83. The van der Waals surface area contributed by atoms with Crippen molar-refractivity contribution in [2.24, 2.45) is 4.99 Å². The number of nitrogens with zero attached hydrogens (tertiary/aromatic N) is 2. The molecule has 6 heteroatoms. The van der Waals surface area contributed by atoms with Crippen LogP contribution in [0.15, 0.2) is 53.7 Å². The van der Waals surface area contributed by atoms with Gasteiger partial charge in [0.2, 0.25) is 0 Å². The fourth-order valence-corrected chi connectivity index (χ4v) is 4.18. The molecular formula is C26H35N5O. The highest BCUT2D eigenvalue weighted by Crippen LogP contribution is 2.19. The maximum Gasteiger partial charge on any atom is 0.191 e. The Bertz CT molecular complexity index is 1040. The predicted octanol–water partition coefficient (Wildman–Crippen LogP) is 3.61. The summed E-state index contributed by atoms with van der Waals surface area (Å²) < 4.78 is 5.46. The third-order valence-corrected chi connectivity index (χ3v) is 5.87.